The van der Waals surface area contributed by atoms with E-state index in [1.807, 2.05) is 6.92 Å². The number of anilines is 2. The lowest BCUT2D eigenvalue weighted by atomic mass is 10.1. The molecule has 19 heavy (non-hydrogen) atoms. The second-order valence-corrected chi connectivity index (χ2v) is 5.01. The van der Waals surface area contributed by atoms with Crippen LogP contribution in [0.25, 0.3) is 0 Å². The maximum atomic E-state index is 13.1. The molecular weight excluding hydrogens is 311 g/mol. The number of nitrogens with two attached hydrogens (primary N) is 1. The van der Waals surface area contributed by atoms with Crippen LogP contribution in [0.4, 0.5) is 15.8 Å². The van der Waals surface area contributed by atoms with E-state index < -0.39 is 5.82 Å². The van der Waals surface area contributed by atoms with Gasteiger partial charge in [0.25, 0.3) is 5.91 Å². The lowest BCUT2D eigenvalue weighted by molar-refractivity contribution is 0.102. The van der Waals surface area contributed by atoms with E-state index in [4.69, 9.17) is 5.73 Å². The summed E-state index contributed by atoms with van der Waals surface area (Å²) in [4.78, 5) is 12.0. The molecule has 0 spiro atoms. The van der Waals surface area contributed by atoms with Crippen LogP contribution in [0.2, 0.25) is 0 Å². The number of hydrogen-bond acceptors (Lipinski definition) is 2. The number of hydrogen-bond donors (Lipinski definition) is 2. The van der Waals surface area contributed by atoms with Gasteiger partial charge in [-0.3, -0.25) is 4.79 Å². The predicted octanol–water partition coefficient (Wildman–Crippen LogP) is 3.73. The van der Waals surface area contributed by atoms with Gasteiger partial charge in [-0.05, 0) is 64.8 Å². The van der Waals surface area contributed by atoms with Gasteiger partial charge >= 0.3 is 0 Å². The quantitative estimate of drug-likeness (QED) is 0.828. The van der Waals surface area contributed by atoms with Crippen LogP contribution in [0, 0.1) is 12.7 Å². The van der Waals surface area contributed by atoms with E-state index in [1.165, 1.54) is 18.2 Å². The lowest BCUT2D eigenvalue weighted by Gasteiger charge is -2.08. The van der Waals surface area contributed by atoms with Crippen molar-refractivity contribution in [3.8, 4) is 0 Å². The van der Waals surface area contributed by atoms with Gasteiger partial charge in [-0.25, -0.2) is 4.39 Å². The topological polar surface area (TPSA) is 55.1 Å². The standard InChI is InChI=1S/C14H12BrFN2O/c1-8-6-10(3-5-13(8)17)18-14(19)9-2-4-12(16)11(15)7-9/h2-7H,17H2,1H3,(H,18,19). The Hall–Kier alpha value is -1.88. The smallest absolute Gasteiger partial charge is 0.255 e. The summed E-state index contributed by atoms with van der Waals surface area (Å²) in [6.07, 6.45) is 0. The fourth-order valence-electron chi connectivity index (χ4n) is 1.59. The van der Waals surface area contributed by atoms with Crippen LogP contribution in [0.15, 0.2) is 40.9 Å². The molecule has 2 rings (SSSR count). The zero-order valence-electron chi connectivity index (χ0n) is 10.2. The Bertz CT molecular complexity index is 643. The van der Waals surface area contributed by atoms with E-state index in [9.17, 15) is 9.18 Å². The summed E-state index contributed by atoms with van der Waals surface area (Å²) in [5, 5.41) is 2.74. The molecule has 98 valence electrons. The van der Waals surface area contributed by atoms with Crippen LogP contribution in [-0.2, 0) is 0 Å². The number of halogens is 2. The van der Waals surface area contributed by atoms with Gasteiger partial charge in [0.05, 0.1) is 4.47 Å². The number of carbonyl (C=O) groups excluding carboxylic acids is 1. The van der Waals surface area contributed by atoms with Gasteiger partial charge in [0, 0.05) is 16.9 Å². The first kappa shape index (κ1) is 13.5. The molecule has 0 saturated heterocycles. The highest BCUT2D eigenvalue weighted by molar-refractivity contribution is 9.10. The number of aryl methyl sites for hydroxylation is 1. The summed E-state index contributed by atoms with van der Waals surface area (Å²) in [7, 11) is 0. The minimum atomic E-state index is -0.403. The molecule has 2 aromatic rings. The highest BCUT2D eigenvalue weighted by Crippen LogP contribution is 2.20. The van der Waals surface area contributed by atoms with Gasteiger partial charge in [-0.2, -0.15) is 0 Å². The first-order valence-corrected chi connectivity index (χ1v) is 6.39. The van der Waals surface area contributed by atoms with Crippen molar-refractivity contribution in [3.05, 3.63) is 57.8 Å². The second-order valence-electron chi connectivity index (χ2n) is 4.15. The molecule has 0 saturated carbocycles. The van der Waals surface area contributed by atoms with Crippen molar-refractivity contribution in [3.63, 3.8) is 0 Å². The molecule has 0 aromatic heterocycles. The Morgan fingerprint density at radius 3 is 2.63 bits per heavy atom. The summed E-state index contributed by atoms with van der Waals surface area (Å²) >= 11 is 3.05. The molecule has 0 aliphatic heterocycles. The first-order chi connectivity index (χ1) is 8.97. The minimum absolute atomic E-state index is 0.258. The number of nitrogens with one attached hydrogen (secondary N) is 1. The fraction of sp³-hybridized carbons (Fsp3) is 0.0714. The normalized spacial score (nSPS) is 10.3. The maximum absolute atomic E-state index is 13.1. The molecule has 0 aliphatic rings. The van der Waals surface area contributed by atoms with Gasteiger partial charge in [-0.15, -0.1) is 0 Å². The highest BCUT2D eigenvalue weighted by Gasteiger charge is 2.09. The highest BCUT2D eigenvalue weighted by atomic mass is 79.9. The third-order valence-corrected chi connectivity index (χ3v) is 3.32. The SMILES string of the molecule is Cc1cc(NC(=O)c2ccc(F)c(Br)c2)ccc1N. The molecule has 3 nitrogen and oxygen atoms in total. The number of amides is 1. The minimum Gasteiger partial charge on any atom is -0.399 e. The molecule has 0 unspecified atom stereocenters. The Labute approximate surface area is 118 Å². The molecule has 0 radical (unpaired) electrons. The number of carbonyl (C=O) groups is 1. The molecule has 0 fully saturated rings. The van der Waals surface area contributed by atoms with Gasteiger partial charge in [0.15, 0.2) is 0 Å². The van der Waals surface area contributed by atoms with E-state index in [0.29, 0.717) is 16.9 Å². The summed E-state index contributed by atoms with van der Waals surface area (Å²) in [5.74, 6) is -0.704. The monoisotopic (exact) mass is 322 g/mol. The van der Waals surface area contributed by atoms with Gasteiger partial charge in [0.1, 0.15) is 5.82 Å². The van der Waals surface area contributed by atoms with Crippen LogP contribution < -0.4 is 11.1 Å². The molecule has 5 heteroatoms. The summed E-state index contributed by atoms with van der Waals surface area (Å²) < 4.78 is 13.4. The summed E-state index contributed by atoms with van der Waals surface area (Å²) in [6, 6.07) is 9.35. The molecule has 0 atom stereocenters. The maximum Gasteiger partial charge on any atom is 0.255 e. The van der Waals surface area contributed by atoms with E-state index in [2.05, 4.69) is 21.2 Å². The third kappa shape index (κ3) is 3.12. The molecule has 0 bridgehead atoms. The van der Waals surface area contributed by atoms with Crippen LogP contribution >= 0.6 is 15.9 Å². The predicted molar refractivity (Wildman–Crippen MR) is 77.6 cm³/mol. The van der Waals surface area contributed by atoms with Gasteiger partial charge in [-0.1, -0.05) is 0 Å². The lowest BCUT2D eigenvalue weighted by Crippen LogP contribution is -2.12. The van der Waals surface area contributed by atoms with E-state index >= 15 is 0 Å². The van der Waals surface area contributed by atoms with Gasteiger partial charge in [0.2, 0.25) is 0 Å². The molecule has 1 amide bonds. The van der Waals surface area contributed by atoms with Crippen LogP contribution in [-0.4, -0.2) is 5.91 Å². The average molecular weight is 323 g/mol. The van der Waals surface area contributed by atoms with Crippen LogP contribution in [0.1, 0.15) is 15.9 Å². The van der Waals surface area contributed by atoms with Crippen molar-refractivity contribution in [2.24, 2.45) is 0 Å². The van der Waals surface area contributed by atoms with E-state index in [0.717, 1.165) is 5.56 Å². The van der Waals surface area contributed by atoms with Crippen molar-refractivity contribution < 1.29 is 9.18 Å². The second kappa shape index (κ2) is 5.40. The Balaban J connectivity index is 2.20. The Kier molecular flexibility index (Phi) is 3.85. The van der Waals surface area contributed by atoms with Crippen LogP contribution in [0.3, 0.4) is 0 Å². The Morgan fingerprint density at radius 1 is 1.26 bits per heavy atom. The molecule has 0 heterocycles. The first-order valence-electron chi connectivity index (χ1n) is 5.60. The fourth-order valence-corrected chi connectivity index (χ4v) is 1.97. The van der Waals surface area contributed by atoms with Crippen molar-refractivity contribution in [2.75, 3.05) is 11.1 Å². The number of nitrogen functional groups attached to an aromatic ring is 1. The number of benzene rings is 2. The molecule has 0 aliphatic carbocycles. The zero-order chi connectivity index (χ0) is 14.0. The van der Waals surface area contributed by atoms with Crippen molar-refractivity contribution in [1.29, 1.82) is 0 Å². The summed E-state index contributed by atoms with van der Waals surface area (Å²) in [6.45, 7) is 1.86. The van der Waals surface area contributed by atoms with E-state index in [-0.39, 0.29) is 10.4 Å². The van der Waals surface area contributed by atoms with Crippen molar-refractivity contribution >= 4 is 33.2 Å². The van der Waals surface area contributed by atoms with Crippen molar-refractivity contribution in [1.82, 2.24) is 0 Å². The van der Waals surface area contributed by atoms with Crippen LogP contribution in [0.5, 0.6) is 0 Å². The largest absolute Gasteiger partial charge is 0.399 e. The molecular formula is C14H12BrFN2O. The van der Waals surface area contributed by atoms with Crippen molar-refractivity contribution in [2.45, 2.75) is 6.92 Å². The third-order valence-electron chi connectivity index (χ3n) is 2.71. The summed E-state index contributed by atoms with van der Waals surface area (Å²) in [5.41, 5.74) is 8.29. The zero-order valence-corrected chi connectivity index (χ0v) is 11.8. The Morgan fingerprint density at radius 2 is 2.00 bits per heavy atom. The molecule has 2 aromatic carbocycles. The van der Waals surface area contributed by atoms with Gasteiger partial charge < -0.3 is 11.1 Å². The average Bonchev–Trinajstić information content (AvgIpc) is 2.37. The number of rotatable bonds is 2. The van der Waals surface area contributed by atoms with E-state index in [1.54, 1.807) is 18.2 Å². The molecule has 3 N–H and O–H groups in total.